The molecule has 1 saturated heterocycles. The molecule has 118 valence electrons. The van der Waals surface area contributed by atoms with Gasteiger partial charge < -0.3 is 4.42 Å². The highest BCUT2D eigenvalue weighted by Crippen LogP contribution is 2.30. The van der Waals surface area contributed by atoms with E-state index in [9.17, 15) is 13.2 Å². The molecule has 2 N–H and O–H groups in total. The van der Waals surface area contributed by atoms with Crippen molar-refractivity contribution in [2.24, 2.45) is 5.41 Å². The Kier molecular flexibility index (Phi) is 4.35. The van der Waals surface area contributed by atoms with Crippen molar-refractivity contribution in [2.75, 3.05) is 13.1 Å². The van der Waals surface area contributed by atoms with E-state index in [4.69, 9.17) is 4.42 Å². The van der Waals surface area contributed by atoms with Gasteiger partial charge in [0, 0.05) is 13.1 Å². The number of piperidine rings is 1. The van der Waals surface area contributed by atoms with Gasteiger partial charge >= 0.3 is 0 Å². The van der Waals surface area contributed by atoms with Crippen LogP contribution < -0.4 is 10.3 Å². The molecule has 0 radical (unpaired) electrons. The van der Waals surface area contributed by atoms with Gasteiger partial charge in [0.05, 0.1) is 0 Å². The van der Waals surface area contributed by atoms with Crippen LogP contribution in [0.15, 0.2) is 10.8 Å². The molecule has 1 aromatic rings. The number of hydrogen-bond donors (Lipinski definition) is 2. The molecule has 21 heavy (non-hydrogen) atoms. The number of rotatable bonds is 4. The lowest BCUT2D eigenvalue weighted by molar-refractivity contribution is 0.0937. The maximum absolute atomic E-state index is 12.1. The smallest absolute Gasteiger partial charge is 0.296 e. The Morgan fingerprint density at radius 2 is 2.00 bits per heavy atom. The normalized spacial score (nSPS) is 19.4. The molecular formula is C12H20N4O4S. The zero-order valence-electron chi connectivity index (χ0n) is 12.3. The molecule has 0 saturated carbocycles. The second kappa shape index (κ2) is 5.74. The number of carbonyl (C=O) groups excluding carboxylic acids is 1. The zero-order valence-corrected chi connectivity index (χ0v) is 13.2. The number of hydrazine groups is 1. The van der Waals surface area contributed by atoms with Crippen molar-refractivity contribution in [3.63, 3.8) is 0 Å². The lowest BCUT2D eigenvalue weighted by Crippen LogP contribution is -2.52. The highest BCUT2D eigenvalue weighted by molar-refractivity contribution is 7.87. The monoisotopic (exact) mass is 316 g/mol. The molecule has 1 aliphatic rings. The lowest BCUT2D eigenvalue weighted by Gasteiger charge is -2.35. The molecular weight excluding hydrogens is 296 g/mol. The average Bonchev–Trinajstić information content (AvgIpc) is 2.82. The number of nitrogens with one attached hydrogen (secondary N) is 2. The number of nitrogens with zero attached hydrogens (tertiary/aromatic N) is 2. The summed E-state index contributed by atoms with van der Waals surface area (Å²) in [5.74, 6) is -0.325. The Morgan fingerprint density at radius 3 is 2.52 bits per heavy atom. The minimum absolute atomic E-state index is 0.0532. The summed E-state index contributed by atoms with van der Waals surface area (Å²) < 4.78 is 30.4. The van der Waals surface area contributed by atoms with E-state index < -0.39 is 16.1 Å². The zero-order chi connectivity index (χ0) is 15.7. The third kappa shape index (κ3) is 3.80. The fourth-order valence-corrected chi connectivity index (χ4v) is 3.10. The van der Waals surface area contributed by atoms with E-state index in [2.05, 4.69) is 29.1 Å². The van der Waals surface area contributed by atoms with Gasteiger partial charge in [-0.25, -0.2) is 4.98 Å². The van der Waals surface area contributed by atoms with Crippen LogP contribution >= 0.6 is 0 Å². The first kappa shape index (κ1) is 15.9. The van der Waals surface area contributed by atoms with Crippen LogP contribution in [0, 0.1) is 12.3 Å². The van der Waals surface area contributed by atoms with E-state index >= 15 is 0 Å². The Balaban J connectivity index is 1.93. The van der Waals surface area contributed by atoms with Crippen LogP contribution in [0.2, 0.25) is 0 Å². The molecule has 9 heteroatoms. The Hall–Kier alpha value is -1.45. The summed E-state index contributed by atoms with van der Waals surface area (Å²) in [6.07, 6.45) is 2.69. The average molecular weight is 316 g/mol. The number of oxazole rings is 1. The summed E-state index contributed by atoms with van der Waals surface area (Å²) in [5, 5.41) is 0. The van der Waals surface area contributed by atoms with E-state index in [0.717, 1.165) is 19.2 Å². The lowest BCUT2D eigenvalue weighted by atomic mass is 9.83. The van der Waals surface area contributed by atoms with Crippen LogP contribution in [0.5, 0.6) is 0 Å². The van der Waals surface area contributed by atoms with Crippen molar-refractivity contribution in [3.8, 4) is 0 Å². The maximum atomic E-state index is 12.1. The number of aromatic nitrogens is 1. The predicted octanol–water partition coefficient (Wildman–Crippen LogP) is 0.584. The van der Waals surface area contributed by atoms with Crippen molar-refractivity contribution in [3.05, 3.63) is 17.8 Å². The predicted molar refractivity (Wildman–Crippen MR) is 75.3 cm³/mol. The number of aryl methyl sites for hydroxylation is 1. The van der Waals surface area contributed by atoms with E-state index in [0.29, 0.717) is 18.8 Å². The first-order valence-corrected chi connectivity index (χ1v) is 8.13. The molecule has 0 aliphatic carbocycles. The van der Waals surface area contributed by atoms with Gasteiger partial charge in [0.2, 0.25) is 0 Å². The van der Waals surface area contributed by atoms with Gasteiger partial charge in [-0.15, -0.1) is 4.83 Å². The van der Waals surface area contributed by atoms with Gasteiger partial charge in [-0.05, 0) is 25.2 Å². The summed E-state index contributed by atoms with van der Waals surface area (Å²) in [4.78, 5) is 17.6. The molecule has 8 nitrogen and oxygen atoms in total. The van der Waals surface area contributed by atoms with Gasteiger partial charge in [-0.1, -0.05) is 13.8 Å². The summed E-state index contributed by atoms with van der Waals surface area (Å²) in [6.45, 7) is 6.66. The first-order valence-electron chi connectivity index (χ1n) is 6.69. The summed E-state index contributed by atoms with van der Waals surface area (Å²) in [6, 6.07) is 0. The molecule has 0 aromatic carbocycles. The first-order chi connectivity index (χ1) is 9.71. The number of hydrogen-bond acceptors (Lipinski definition) is 5. The molecule has 2 rings (SSSR count). The second-order valence-corrected chi connectivity index (χ2v) is 7.55. The molecule has 0 atom stereocenters. The highest BCUT2D eigenvalue weighted by atomic mass is 32.2. The van der Waals surface area contributed by atoms with Gasteiger partial charge in [0.15, 0.2) is 12.1 Å². The fourth-order valence-electron chi connectivity index (χ4n) is 2.09. The van der Waals surface area contributed by atoms with Crippen LogP contribution in [0.4, 0.5) is 0 Å². The van der Waals surface area contributed by atoms with Crippen molar-refractivity contribution in [2.45, 2.75) is 33.6 Å². The second-order valence-electron chi connectivity index (χ2n) is 5.88. The van der Waals surface area contributed by atoms with Crippen molar-refractivity contribution >= 4 is 16.1 Å². The van der Waals surface area contributed by atoms with Crippen molar-refractivity contribution in [1.82, 2.24) is 19.5 Å². The topological polar surface area (TPSA) is 105 Å². The summed E-state index contributed by atoms with van der Waals surface area (Å²) in [7, 11) is -3.74. The van der Waals surface area contributed by atoms with E-state index in [1.165, 1.54) is 4.31 Å². The quantitative estimate of drug-likeness (QED) is 0.791. The molecule has 0 unspecified atom stereocenters. The summed E-state index contributed by atoms with van der Waals surface area (Å²) >= 11 is 0. The Labute approximate surface area is 124 Å². The third-order valence-electron chi connectivity index (χ3n) is 3.67. The van der Waals surface area contributed by atoms with E-state index in [1.54, 1.807) is 6.92 Å². The number of amides is 1. The maximum Gasteiger partial charge on any atom is 0.296 e. The van der Waals surface area contributed by atoms with Crippen molar-refractivity contribution in [1.29, 1.82) is 0 Å². The summed E-state index contributed by atoms with van der Waals surface area (Å²) in [5.41, 5.74) is 2.34. The van der Waals surface area contributed by atoms with Crippen molar-refractivity contribution < 1.29 is 17.6 Å². The SMILES string of the molecule is Cc1ocnc1C(=O)NNS(=O)(=O)N1CCC(C)(C)CC1. The van der Waals surface area contributed by atoms with Crippen LogP contribution in [0.25, 0.3) is 0 Å². The molecule has 1 fully saturated rings. The largest absolute Gasteiger partial charge is 0.448 e. The van der Waals surface area contributed by atoms with Gasteiger partial charge in [-0.2, -0.15) is 12.7 Å². The van der Waals surface area contributed by atoms with Crippen LogP contribution in [-0.2, 0) is 10.2 Å². The van der Waals surface area contributed by atoms with Crippen LogP contribution in [-0.4, -0.2) is 36.7 Å². The third-order valence-corrected chi connectivity index (χ3v) is 5.07. The number of carbonyl (C=O) groups is 1. The van der Waals surface area contributed by atoms with E-state index in [-0.39, 0.29) is 11.1 Å². The molecule has 0 bridgehead atoms. The Morgan fingerprint density at radius 1 is 1.38 bits per heavy atom. The molecule has 1 amide bonds. The molecule has 2 heterocycles. The van der Waals surface area contributed by atoms with Gasteiger partial charge in [0.1, 0.15) is 5.76 Å². The molecule has 1 aliphatic heterocycles. The van der Waals surface area contributed by atoms with E-state index in [1.807, 2.05) is 0 Å². The van der Waals surface area contributed by atoms with Gasteiger partial charge in [-0.3, -0.25) is 10.2 Å². The fraction of sp³-hybridized carbons (Fsp3) is 0.667. The molecule has 1 aromatic heterocycles. The Bertz CT molecular complexity index is 613. The minimum atomic E-state index is -3.74. The highest BCUT2D eigenvalue weighted by Gasteiger charge is 2.32. The minimum Gasteiger partial charge on any atom is -0.448 e. The van der Waals surface area contributed by atoms with Crippen LogP contribution in [0.1, 0.15) is 42.9 Å². The molecule has 0 spiro atoms. The standard InChI is InChI=1S/C12H20N4O4S/c1-9-10(13-8-20-9)11(17)14-15-21(18,19)16-6-4-12(2,3)5-7-16/h8,15H,4-7H2,1-3H3,(H,14,17). The van der Waals surface area contributed by atoms with Crippen LogP contribution in [0.3, 0.4) is 0 Å². The van der Waals surface area contributed by atoms with Gasteiger partial charge in [0.25, 0.3) is 16.1 Å².